The highest BCUT2D eigenvalue weighted by Crippen LogP contribution is 2.27. The van der Waals surface area contributed by atoms with Crippen molar-refractivity contribution in [3.05, 3.63) is 64.6 Å². The standard InChI is InChI=1S/C21H25BrN2O2/c1-23-14-12-18(13-15-23)24(2)21(25)20(16-6-4-3-5-7-16)26-19-10-8-17(22)9-11-19/h3-11,18,20H,12-15H2,1-2H3. The molecule has 26 heavy (non-hydrogen) atoms. The maximum atomic E-state index is 13.3. The number of piperidine rings is 1. The number of halogens is 1. The fraction of sp³-hybridized carbons (Fsp3) is 0.381. The number of nitrogens with zero attached hydrogens (tertiary/aromatic N) is 2. The van der Waals surface area contributed by atoms with E-state index in [0.29, 0.717) is 5.75 Å². The predicted molar refractivity (Wildman–Crippen MR) is 107 cm³/mol. The summed E-state index contributed by atoms with van der Waals surface area (Å²) < 4.78 is 7.11. The summed E-state index contributed by atoms with van der Waals surface area (Å²) in [5.74, 6) is 0.695. The third-order valence-electron chi connectivity index (χ3n) is 4.98. The van der Waals surface area contributed by atoms with Crippen LogP contribution < -0.4 is 4.74 Å². The van der Waals surface area contributed by atoms with Gasteiger partial charge in [-0.05, 0) is 57.2 Å². The molecule has 1 fully saturated rings. The van der Waals surface area contributed by atoms with E-state index in [2.05, 4.69) is 27.9 Å². The monoisotopic (exact) mass is 416 g/mol. The lowest BCUT2D eigenvalue weighted by atomic mass is 10.0. The molecule has 0 radical (unpaired) electrons. The van der Waals surface area contributed by atoms with Gasteiger partial charge in [-0.15, -0.1) is 0 Å². The molecule has 1 heterocycles. The Morgan fingerprint density at radius 2 is 1.73 bits per heavy atom. The Hall–Kier alpha value is -1.85. The molecule has 0 bridgehead atoms. The Morgan fingerprint density at radius 3 is 2.35 bits per heavy atom. The average molecular weight is 417 g/mol. The van der Waals surface area contributed by atoms with Crippen LogP contribution in [-0.4, -0.2) is 48.9 Å². The van der Waals surface area contributed by atoms with Crippen LogP contribution in [0.15, 0.2) is 59.1 Å². The van der Waals surface area contributed by atoms with Crippen molar-refractivity contribution in [2.24, 2.45) is 0 Å². The van der Waals surface area contributed by atoms with E-state index in [4.69, 9.17) is 4.74 Å². The second-order valence-corrected chi connectivity index (χ2v) is 7.76. The van der Waals surface area contributed by atoms with Crippen molar-refractivity contribution in [1.29, 1.82) is 0 Å². The fourth-order valence-electron chi connectivity index (χ4n) is 3.29. The Kier molecular flexibility index (Phi) is 6.33. The molecule has 4 nitrogen and oxygen atoms in total. The van der Waals surface area contributed by atoms with Crippen molar-refractivity contribution >= 4 is 21.8 Å². The molecule has 2 aromatic rings. The molecule has 2 aromatic carbocycles. The normalized spacial score (nSPS) is 16.9. The summed E-state index contributed by atoms with van der Waals surface area (Å²) in [6.45, 7) is 2.04. The van der Waals surface area contributed by atoms with E-state index in [1.807, 2.05) is 66.5 Å². The Morgan fingerprint density at radius 1 is 1.12 bits per heavy atom. The van der Waals surface area contributed by atoms with Gasteiger partial charge in [-0.2, -0.15) is 0 Å². The van der Waals surface area contributed by atoms with Crippen LogP contribution in [0.25, 0.3) is 0 Å². The second kappa shape index (κ2) is 8.69. The predicted octanol–water partition coefficient (Wildman–Crippen LogP) is 4.12. The van der Waals surface area contributed by atoms with Crippen molar-refractivity contribution in [2.75, 3.05) is 27.2 Å². The van der Waals surface area contributed by atoms with E-state index >= 15 is 0 Å². The zero-order valence-corrected chi connectivity index (χ0v) is 16.9. The summed E-state index contributed by atoms with van der Waals surface area (Å²) in [5.41, 5.74) is 0.875. The first-order chi connectivity index (χ1) is 12.5. The molecule has 1 aliphatic rings. The molecule has 0 saturated carbocycles. The molecule has 0 N–H and O–H groups in total. The SMILES string of the molecule is CN1CCC(N(C)C(=O)C(Oc2ccc(Br)cc2)c2ccccc2)CC1. The van der Waals surface area contributed by atoms with Crippen molar-refractivity contribution in [3.8, 4) is 5.75 Å². The quantitative estimate of drug-likeness (QED) is 0.734. The van der Waals surface area contributed by atoms with E-state index < -0.39 is 6.10 Å². The van der Waals surface area contributed by atoms with Gasteiger partial charge in [0.1, 0.15) is 5.75 Å². The van der Waals surface area contributed by atoms with Crippen molar-refractivity contribution in [1.82, 2.24) is 9.80 Å². The summed E-state index contributed by atoms with van der Waals surface area (Å²) in [5, 5.41) is 0. The summed E-state index contributed by atoms with van der Waals surface area (Å²) in [7, 11) is 4.03. The van der Waals surface area contributed by atoms with Gasteiger partial charge in [-0.1, -0.05) is 46.3 Å². The Labute approximate surface area is 163 Å². The number of ether oxygens (including phenoxy) is 1. The smallest absolute Gasteiger partial charge is 0.268 e. The van der Waals surface area contributed by atoms with Crippen molar-refractivity contribution in [3.63, 3.8) is 0 Å². The summed E-state index contributed by atoms with van der Waals surface area (Å²) in [6, 6.07) is 17.6. The number of likely N-dealkylation sites (tertiary alicyclic amines) is 1. The average Bonchev–Trinajstić information content (AvgIpc) is 2.68. The van der Waals surface area contributed by atoms with E-state index in [1.54, 1.807) is 0 Å². The van der Waals surface area contributed by atoms with Gasteiger partial charge in [0.2, 0.25) is 6.10 Å². The number of hydrogen-bond donors (Lipinski definition) is 0. The number of benzene rings is 2. The minimum absolute atomic E-state index is 0.00803. The topological polar surface area (TPSA) is 32.8 Å². The lowest BCUT2D eigenvalue weighted by molar-refractivity contribution is -0.140. The van der Waals surface area contributed by atoms with E-state index in [1.165, 1.54) is 0 Å². The van der Waals surface area contributed by atoms with Crippen LogP contribution in [0.4, 0.5) is 0 Å². The van der Waals surface area contributed by atoms with Crippen LogP contribution in [0.1, 0.15) is 24.5 Å². The first-order valence-corrected chi connectivity index (χ1v) is 9.76. The van der Waals surface area contributed by atoms with Crippen LogP contribution in [0, 0.1) is 0 Å². The van der Waals surface area contributed by atoms with Crippen LogP contribution in [0.3, 0.4) is 0 Å². The highest BCUT2D eigenvalue weighted by Gasteiger charge is 2.31. The van der Waals surface area contributed by atoms with Crippen molar-refractivity contribution < 1.29 is 9.53 Å². The van der Waals surface area contributed by atoms with Gasteiger partial charge < -0.3 is 14.5 Å². The fourth-order valence-corrected chi connectivity index (χ4v) is 3.55. The zero-order valence-electron chi connectivity index (χ0n) is 15.3. The molecule has 1 aliphatic heterocycles. The molecule has 5 heteroatoms. The third kappa shape index (κ3) is 4.65. The van der Waals surface area contributed by atoms with Crippen LogP contribution in [-0.2, 0) is 4.79 Å². The first kappa shape index (κ1) is 18.9. The number of hydrogen-bond acceptors (Lipinski definition) is 3. The Balaban J connectivity index is 1.80. The maximum Gasteiger partial charge on any atom is 0.268 e. The number of likely N-dealkylation sites (N-methyl/N-ethyl adjacent to an activating group) is 1. The highest BCUT2D eigenvalue weighted by atomic mass is 79.9. The second-order valence-electron chi connectivity index (χ2n) is 6.85. The molecule has 0 aromatic heterocycles. The lowest BCUT2D eigenvalue weighted by Crippen LogP contribution is -2.46. The molecular weight excluding hydrogens is 392 g/mol. The molecule has 0 spiro atoms. The van der Waals surface area contributed by atoms with Gasteiger partial charge >= 0.3 is 0 Å². The van der Waals surface area contributed by atoms with Gasteiger partial charge in [0.15, 0.2) is 0 Å². The summed E-state index contributed by atoms with van der Waals surface area (Å²) in [4.78, 5) is 17.5. The number of carbonyl (C=O) groups excluding carboxylic acids is 1. The van der Waals surface area contributed by atoms with Gasteiger partial charge in [0.05, 0.1) is 0 Å². The molecule has 138 valence electrons. The van der Waals surface area contributed by atoms with Crippen LogP contribution >= 0.6 is 15.9 Å². The number of amides is 1. The maximum absolute atomic E-state index is 13.3. The number of rotatable bonds is 5. The zero-order chi connectivity index (χ0) is 18.5. The minimum atomic E-state index is -0.637. The molecule has 0 aliphatic carbocycles. The molecule has 1 amide bonds. The van der Waals surface area contributed by atoms with Crippen molar-refractivity contribution in [2.45, 2.75) is 25.0 Å². The van der Waals surface area contributed by atoms with Gasteiger partial charge in [0, 0.05) is 23.1 Å². The number of carbonyl (C=O) groups is 1. The van der Waals surface area contributed by atoms with Gasteiger partial charge in [-0.25, -0.2) is 0 Å². The Bertz CT molecular complexity index is 713. The van der Waals surface area contributed by atoms with Crippen LogP contribution in [0.2, 0.25) is 0 Å². The molecule has 1 atom stereocenters. The van der Waals surface area contributed by atoms with Gasteiger partial charge in [-0.3, -0.25) is 4.79 Å². The molecule has 1 unspecified atom stereocenters. The summed E-state index contributed by atoms with van der Waals surface area (Å²) in [6.07, 6.45) is 1.36. The molecule has 1 saturated heterocycles. The third-order valence-corrected chi connectivity index (χ3v) is 5.51. The molecular formula is C21H25BrN2O2. The first-order valence-electron chi connectivity index (χ1n) is 8.97. The highest BCUT2D eigenvalue weighted by molar-refractivity contribution is 9.10. The van der Waals surface area contributed by atoms with E-state index in [9.17, 15) is 4.79 Å². The molecule has 3 rings (SSSR count). The largest absolute Gasteiger partial charge is 0.476 e. The van der Waals surface area contributed by atoms with Gasteiger partial charge in [0.25, 0.3) is 5.91 Å². The van der Waals surface area contributed by atoms with Crippen LogP contribution in [0.5, 0.6) is 5.75 Å². The lowest BCUT2D eigenvalue weighted by Gasteiger charge is -2.36. The summed E-state index contributed by atoms with van der Waals surface area (Å²) >= 11 is 3.43. The minimum Gasteiger partial charge on any atom is -0.476 e. The van der Waals surface area contributed by atoms with E-state index in [-0.39, 0.29) is 11.9 Å². The van der Waals surface area contributed by atoms with E-state index in [0.717, 1.165) is 36.0 Å².